The summed E-state index contributed by atoms with van der Waals surface area (Å²) in [5.41, 5.74) is 0.812. The maximum atomic E-state index is 12.9. The molecule has 0 radical (unpaired) electrons. The number of likely N-dealkylation sites (tertiary alicyclic amines) is 1. The van der Waals surface area contributed by atoms with E-state index in [2.05, 4.69) is 15.5 Å². The van der Waals surface area contributed by atoms with E-state index in [1.807, 2.05) is 17.0 Å². The maximum absolute atomic E-state index is 12.9. The molecular weight excluding hydrogens is 356 g/mol. The minimum absolute atomic E-state index is 0.161. The molecule has 2 aliphatic heterocycles. The molecule has 3 heterocycles. The van der Waals surface area contributed by atoms with Gasteiger partial charge in [0.2, 0.25) is 5.91 Å². The summed E-state index contributed by atoms with van der Waals surface area (Å²) in [6, 6.07) is 3.75. The summed E-state index contributed by atoms with van der Waals surface area (Å²) >= 11 is 0. The van der Waals surface area contributed by atoms with Crippen LogP contribution in [0.4, 0.5) is 0 Å². The van der Waals surface area contributed by atoms with Crippen LogP contribution < -0.4 is 5.32 Å². The molecule has 1 N–H and O–H groups in total. The molecule has 1 aromatic heterocycles. The third-order valence-electron chi connectivity index (χ3n) is 6.08. The summed E-state index contributed by atoms with van der Waals surface area (Å²) in [4.78, 5) is 37.2. The highest BCUT2D eigenvalue weighted by atomic mass is 16.7. The fraction of sp³-hybridized carbons (Fsp3) is 0.619. The molecule has 1 aromatic rings. The first-order valence-electron chi connectivity index (χ1n) is 10.4. The van der Waals surface area contributed by atoms with Crippen molar-refractivity contribution in [2.75, 3.05) is 13.1 Å². The van der Waals surface area contributed by atoms with E-state index in [0.29, 0.717) is 25.2 Å². The lowest BCUT2D eigenvalue weighted by molar-refractivity contribution is -0.145. The van der Waals surface area contributed by atoms with E-state index in [9.17, 15) is 9.59 Å². The highest BCUT2D eigenvalue weighted by molar-refractivity contribution is 6.39. The van der Waals surface area contributed by atoms with Crippen molar-refractivity contribution in [1.82, 2.24) is 15.2 Å². The van der Waals surface area contributed by atoms with Gasteiger partial charge in [-0.1, -0.05) is 30.5 Å². The Hall–Kier alpha value is -2.44. The number of oxime groups is 1. The summed E-state index contributed by atoms with van der Waals surface area (Å²) in [6.45, 7) is 1.72. The maximum Gasteiger partial charge on any atom is 0.269 e. The molecule has 150 valence electrons. The normalized spacial score (nSPS) is 25.3. The Balaban J connectivity index is 1.32. The third-order valence-corrected chi connectivity index (χ3v) is 6.08. The molecule has 1 atom stereocenters. The number of piperidine rings is 1. The van der Waals surface area contributed by atoms with E-state index >= 15 is 0 Å². The summed E-state index contributed by atoms with van der Waals surface area (Å²) in [5, 5.41) is 6.96. The molecule has 28 heavy (non-hydrogen) atoms. The Labute approximate surface area is 165 Å². The van der Waals surface area contributed by atoms with Crippen LogP contribution in [0.1, 0.15) is 56.9 Å². The van der Waals surface area contributed by atoms with E-state index in [4.69, 9.17) is 4.84 Å². The van der Waals surface area contributed by atoms with Crippen molar-refractivity contribution in [1.29, 1.82) is 0 Å². The molecule has 1 spiro atoms. The van der Waals surface area contributed by atoms with Gasteiger partial charge in [0.05, 0.1) is 6.54 Å². The highest BCUT2D eigenvalue weighted by Gasteiger charge is 2.46. The fourth-order valence-corrected chi connectivity index (χ4v) is 4.54. The van der Waals surface area contributed by atoms with E-state index in [1.165, 1.54) is 6.42 Å². The van der Waals surface area contributed by atoms with Crippen molar-refractivity contribution in [3.63, 3.8) is 0 Å². The minimum Gasteiger partial charge on any atom is -0.386 e. The van der Waals surface area contributed by atoms with Gasteiger partial charge >= 0.3 is 0 Å². The molecule has 4 rings (SSSR count). The molecule has 0 bridgehead atoms. The number of rotatable bonds is 4. The van der Waals surface area contributed by atoms with Crippen LogP contribution in [0.25, 0.3) is 0 Å². The standard InChI is InChI=1S/C21H28N4O3/c26-19(23-14-16-6-4-10-22-13-16)18-12-21(28-24-18)9-5-11-25(15-21)20(27)17-7-2-1-3-8-17/h4,6,10,13,17H,1-3,5,7-9,11-12,14-15H2,(H,23,26)/t21-/m0/s1. The van der Waals surface area contributed by atoms with Crippen LogP contribution in [-0.4, -0.2) is 46.1 Å². The Morgan fingerprint density at radius 2 is 2.11 bits per heavy atom. The monoisotopic (exact) mass is 384 g/mol. The number of nitrogens with one attached hydrogen (secondary N) is 1. The summed E-state index contributed by atoms with van der Waals surface area (Å²) < 4.78 is 0. The van der Waals surface area contributed by atoms with E-state index in [0.717, 1.165) is 50.6 Å². The van der Waals surface area contributed by atoms with Crippen LogP contribution in [0.3, 0.4) is 0 Å². The SMILES string of the molecule is O=C(NCc1cccnc1)C1=NO[C@@]2(CCCN(C(=O)C3CCCCC3)C2)C1. The molecule has 2 fully saturated rings. The molecule has 0 unspecified atom stereocenters. The second-order valence-electron chi connectivity index (χ2n) is 8.23. The predicted octanol–water partition coefficient (Wildman–Crippen LogP) is 2.42. The first-order valence-corrected chi connectivity index (χ1v) is 10.4. The van der Waals surface area contributed by atoms with E-state index < -0.39 is 5.60 Å². The second-order valence-corrected chi connectivity index (χ2v) is 8.23. The summed E-state index contributed by atoms with van der Waals surface area (Å²) in [6.07, 6.45) is 11.1. The molecule has 7 nitrogen and oxygen atoms in total. The number of nitrogens with zero attached hydrogens (tertiary/aromatic N) is 3. The topological polar surface area (TPSA) is 83.9 Å². The van der Waals surface area contributed by atoms with Crippen molar-refractivity contribution < 1.29 is 14.4 Å². The van der Waals surface area contributed by atoms with Gasteiger partial charge in [-0.3, -0.25) is 14.6 Å². The molecule has 2 amide bonds. The minimum atomic E-state index is -0.538. The van der Waals surface area contributed by atoms with Crippen molar-refractivity contribution in [3.05, 3.63) is 30.1 Å². The lowest BCUT2D eigenvalue weighted by Gasteiger charge is -2.40. The smallest absolute Gasteiger partial charge is 0.269 e. The van der Waals surface area contributed by atoms with Gasteiger partial charge in [-0.2, -0.15) is 0 Å². The van der Waals surface area contributed by atoms with Crippen LogP contribution >= 0.6 is 0 Å². The van der Waals surface area contributed by atoms with Crippen LogP contribution in [-0.2, 0) is 21.0 Å². The number of hydrogen-bond acceptors (Lipinski definition) is 5. The number of amides is 2. The quantitative estimate of drug-likeness (QED) is 0.864. The van der Waals surface area contributed by atoms with Gasteiger partial charge in [0.1, 0.15) is 5.71 Å². The van der Waals surface area contributed by atoms with Gasteiger partial charge in [-0.15, -0.1) is 0 Å². The molecule has 1 saturated heterocycles. The number of hydrogen-bond donors (Lipinski definition) is 1. The van der Waals surface area contributed by atoms with Crippen LogP contribution in [0.2, 0.25) is 0 Å². The Morgan fingerprint density at radius 1 is 1.25 bits per heavy atom. The molecule has 1 aliphatic carbocycles. The molecule has 0 aromatic carbocycles. The highest BCUT2D eigenvalue weighted by Crippen LogP contribution is 2.35. The predicted molar refractivity (Wildman–Crippen MR) is 104 cm³/mol. The fourth-order valence-electron chi connectivity index (χ4n) is 4.54. The first-order chi connectivity index (χ1) is 13.7. The van der Waals surface area contributed by atoms with Crippen LogP contribution in [0, 0.1) is 5.92 Å². The number of carbonyl (C=O) groups excluding carboxylic acids is 2. The Morgan fingerprint density at radius 3 is 2.89 bits per heavy atom. The van der Waals surface area contributed by atoms with Crippen molar-refractivity contribution in [2.24, 2.45) is 11.1 Å². The van der Waals surface area contributed by atoms with Gasteiger partial charge < -0.3 is 15.1 Å². The number of pyridine rings is 1. The molecule has 3 aliphatic rings. The first kappa shape index (κ1) is 18.9. The number of aromatic nitrogens is 1. The lowest BCUT2D eigenvalue weighted by atomic mass is 9.85. The summed E-state index contributed by atoms with van der Waals surface area (Å²) in [7, 11) is 0. The van der Waals surface area contributed by atoms with Crippen molar-refractivity contribution >= 4 is 17.5 Å². The van der Waals surface area contributed by atoms with Gasteiger partial charge in [0.25, 0.3) is 5.91 Å². The Kier molecular flexibility index (Phi) is 5.59. The molecular formula is C21H28N4O3. The second kappa shape index (κ2) is 8.29. The van der Waals surface area contributed by atoms with Crippen LogP contribution in [0.5, 0.6) is 0 Å². The largest absolute Gasteiger partial charge is 0.386 e. The summed E-state index contributed by atoms with van der Waals surface area (Å²) in [5.74, 6) is 0.210. The van der Waals surface area contributed by atoms with Crippen LogP contribution in [0.15, 0.2) is 29.7 Å². The zero-order valence-electron chi connectivity index (χ0n) is 16.2. The Bertz CT molecular complexity index is 745. The van der Waals surface area contributed by atoms with Gasteiger partial charge in [-0.25, -0.2) is 0 Å². The molecule has 7 heteroatoms. The zero-order chi connectivity index (χ0) is 19.4. The third kappa shape index (κ3) is 4.18. The molecule has 1 saturated carbocycles. The van der Waals surface area contributed by atoms with E-state index in [-0.39, 0.29) is 17.7 Å². The average molecular weight is 384 g/mol. The number of carbonyl (C=O) groups is 2. The van der Waals surface area contributed by atoms with Gasteiger partial charge in [0.15, 0.2) is 5.60 Å². The lowest BCUT2D eigenvalue weighted by Crippen LogP contribution is -2.52. The van der Waals surface area contributed by atoms with E-state index in [1.54, 1.807) is 12.4 Å². The zero-order valence-corrected chi connectivity index (χ0v) is 16.2. The van der Waals surface area contributed by atoms with Crippen molar-refractivity contribution in [2.45, 2.75) is 63.5 Å². The van der Waals surface area contributed by atoms with Gasteiger partial charge in [-0.05, 0) is 37.3 Å². The van der Waals surface area contributed by atoms with Gasteiger partial charge in [0, 0.05) is 37.8 Å². The van der Waals surface area contributed by atoms with Crippen molar-refractivity contribution in [3.8, 4) is 0 Å². The average Bonchev–Trinajstić information content (AvgIpc) is 3.16.